The summed E-state index contributed by atoms with van der Waals surface area (Å²) in [4.78, 5) is 14.4. The molecule has 2 atom stereocenters. The topological polar surface area (TPSA) is 41.6 Å². The molecule has 1 N–H and O–H groups in total. The molecule has 2 unspecified atom stereocenters. The summed E-state index contributed by atoms with van der Waals surface area (Å²) in [6, 6.07) is 9.87. The van der Waals surface area contributed by atoms with Crippen molar-refractivity contribution in [2.24, 2.45) is 0 Å². The molecule has 0 aliphatic carbocycles. The van der Waals surface area contributed by atoms with E-state index in [9.17, 15) is 4.79 Å². The summed E-state index contributed by atoms with van der Waals surface area (Å²) in [5.74, 6) is 0.0534. The zero-order chi connectivity index (χ0) is 13.0. The summed E-state index contributed by atoms with van der Waals surface area (Å²) in [5, 5.41) is 3.28. The quantitative estimate of drug-likeness (QED) is 0.873. The van der Waals surface area contributed by atoms with Gasteiger partial charge in [0.25, 0.3) is 5.91 Å². The number of nitrogens with one attached hydrogen (secondary N) is 1. The zero-order valence-electron chi connectivity index (χ0n) is 10.9. The molecule has 0 radical (unpaired) electrons. The van der Waals surface area contributed by atoms with E-state index in [2.05, 4.69) is 12.2 Å². The van der Waals surface area contributed by atoms with Crippen molar-refractivity contribution < 1.29 is 9.53 Å². The highest BCUT2D eigenvalue weighted by Gasteiger charge is 2.30. The van der Waals surface area contributed by atoms with Crippen LogP contribution in [0, 0.1) is 0 Å². The molecule has 0 spiro atoms. The Labute approximate surface area is 108 Å². The number of hydrogen-bond donors (Lipinski definition) is 1. The molecular weight excluding hydrogens is 228 g/mol. The number of ether oxygens (including phenoxy) is 1. The van der Waals surface area contributed by atoms with Gasteiger partial charge in [0.15, 0.2) is 6.10 Å². The average Bonchev–Trinajstić information content (AvgIpc) is 2.41. The Morgan fingerprint density at radius 2 is 2.17 bits per heavy atom. The lowest BCUT2D eigenvalue weighted by molar-refractivity contribution is -0.145. The van der Waals surface area contributed by atoms with Gasteiger partial charge in [-0.05, 0) is 12.5 Å². The average molecular weight is 248 g/mol. The molecule has 1 saturated heterocycles. The highest BCUT2D eigenvalue weighted by Crippen LogP contribution is 2.20. The summed E-state index contributed by atoms with van der Waals surface area (Å²) in [6.07, 6.45) is -0.494. The standard InChI is InChI=1S/C14H20N2O2/c1-11-10-15-8-9-16(11)14(17)13(18-2)12-6-4-3-5-7-12/h3-7,11,13,15H,8-10H2,1-2H3. The smallest absolute Gasteiger partial charge is 0.256 e. The van der Waals surface area contributed by atoms with E-state index in [1.54, 1.807) is 7.11 Å². The van der Waals surface area contributed by atoms with Crippen LogP contribution in [0.3, 0.4) is 0 Å². The van der Waals surface area contributed by atoms with Gasteiger partial charge in [-0.1, -0.05) is 30.3 Å². The van der Waals surface area contributed by atoms with Crippen LogP contribution in [0.25, 0.3) is 0 Å². The Balaban J connectivity index is 2.15. The maximum absolute atomic E-state index is 12.5. The fraction of sp³-hybridized carbons (Fsp3) is 0.500. The second-order valence-corrected chi connectivity index (χ2v) is 4.61. The minimum absolute atomic E-state index is 0.0534. The minimum Gasteiger partial charge on any atom is -0.367 e. The van der Waals surface area contributed by atoms with Crippen LogP contribution >= 0.6 is 0 Å². The van der Waals surface area contributed by atoms with Crippen molar-refractivity contribution in [1.82, 2.24) is 10.2 Å². The predicted molar refractivity (Wildman–Crippen MR) is 70.2 cm³/mol. The predicted octanol–water partition coefficient (Wildman–Crippen LogP) is 1.19. The molecule has 1 aliphatic heterocycles. The zero-order valence-corrected chi connectivity index (χ0v) is 10.9. The lowest BCUT2D eigenvalue weighted by atomic mass is 10.1. The molecule has 1 amide bonds. The number of methoxy groups -OCH3 is 1. The third-order valence-electron chi connectivity index (χ3n) is 3.35. The van der Waals surface area contributed by atoms with Gasteiger partial charge in [0.05, 0.1) is 0 Å². The Morgan fingerprint density at radius 1 is 1.44 bits per heavy atom. The van der Waals surface area contributed by atoms with Gasteiger partial charge < -0.3 is 15.0 Å². The summed E-state index contributed by atoms with van der Waals surface area (Å²) >= 11 is 0. The van der Waals surface area contributed by atoms with Gasteiger partial charge in [-0.3, -0.25) is 4.79 Å². The molecule has 0 saturated carbocycles. The molecule has 1 aromatic carbocycles. The molecule has 0 bridgehead atoms. The summed E-state index contributed by atoms with van der Waals surface area (Å²) in [7, 11) is 1.59. The molecule has 1 heterocycles. The van der Waals surface area contributed by atoms with Crippen LogP contribution in [-0.4, -0.2) is 43.6 Å². The molecule has 18 heavy (non-hydrogen) atoms. The molecular formula is C14H20N2O2. The third kappa shape index (κ3) is 2.71. The van der Waals surface area contributed by atoms with E-state index in [0.717, 1.165) is 25.2 Å². The number of nitrogens with zero attached hydrogens (tertiary/aromatic N) is 1. The molecule has 4 heteroatoms. The lowest BCUT2D eigenvalue weighted by Gasteiger charge is -2.36. The van der Waals surface area contributed by atoms with Gasteiger partial charge in [0, 0.05) is 32.8 Å². The molecule has 1 fully saturated rings. The first-order valence-electron chi connectivity index (χ1n) is 6.33. The van der Waals surface area contributed by atoms with Crippen molar-refractivity contribution >= 4 is 5.91 Å². The molecule has 4 nitrogen and oxygen atoms in total. The second kappa shape index (κ2) is 5.98. The molecule has 1 aromatic rings. The number of carbonyl (C=O) groups is 1. The van der Waals surface area contributed by atoms with E-state index < -0.39 is 6.10 Å². The van der Waals surface area contributed by atoms with Crippen molar-refractivity contribution in [2.75, 3.05) is 26.7 Å². The van der Waals surface area contributed by atoms with Crippen molar-refractivity contribution in [1.29, 1.82) is 0 Å². The van der Waals surface area contributed by atoms with Gasteiger partial charge in [-0.15, -0.1) is 0 Å². The van der Waals surface area contributed by atoms with Crippen LogP contribution in [-0.2, 0) is 9.53 Å². The van der Waals surface area contributed by atoms with Crippen molar-refractivity contribution in [3.8, 4) is 0 Å². The van der Waals surface area contributed by atoms with Gasteiger partial charge in [0.2, 0.25) is 0 Å². The lowest BCUT2D eigenvalue weighted by Crippen LogP contribution is -2.53. The Bertz CT molecular complexity index is 394. The number of benzene rings is 1. The first kappa shape index (κ1) is 13.1. The van der Waals surface area contributed by atoms with Gasteiger partial charge in [-0.2, -0.15) is 0 Å². The molecule has 2 rings (SSSR count). The normalized spacial score (nSPS) is 21.7. The van der Waals surface area contributed by atoms with E-state index in [-0.39, 0.29) is 11.9 Å². The van der Waals surface area contributed by atoms with Crippen molar-refractivity contribution in [2.45, 2.75) is 19.1 Å². The Kier molecular flexibility index (Phi) is 4.33. The van der Waals surface area contributed by atoms with Crippen molar-refractivity contribution in [3.63, 3.8) is 0 Å². The highest BCUT2D eigenvalue weighted by molar-refractivity contribution is 5.82. The molecule has 0 aromatic heterocycles. The third-order valence-corrected chi connectivity index (χ3v) is 3.35. The fourth-order valence-corrected chi connectivity index (χ4v) is 2.33. The van der Waals surface area contributed by atoms with E-state index in [4.69, 9.17) is 4.74 Å². The van der Waals surface area contributed by atoms with Crippen LogP contribution in [0.5, 0.6) is 0 Å². The number of carbonyl (C=O) groups excluding carboxylic acids is 1. The largest absolute Gasteiger partial charge is 0.367 e. The van der Waals surface area contributed by atoms with Crippen LogP contribution in [0.4, 0.5) is 0 Å². The first-order valence-corrected chi connectivity index (χ1v) is 6.33. The summed E-state index contributed by atoms with van der Waals surface area (Å²) < 4.78 is 5.39. The summed E-state index contributed by atoms with van der Waals surface area (Å²) in [6.45, 7) is 4.49. The minimum atomic E-state index is -0.494. The van der Waals surface area contributed by atoms with E-state index in [1.165, 1.54) is 0 Å². The van der Waals surface area contributed by atoms with Crippen molar-refractivity contribution in [3.05, 3.63) is 35.9 Å². The number of rotatable bonds is 3. The molecule has 98 valence electrons. The SMILES string of the molecule is COC(C(=O)N1CCNCC1C)c1ccccc1. The van der Waals surface area contributed by atoms with Crippen LogP contribution in [0.1, 0.15) is 18.6 Å². The second-order valence-electron chi connectivity index (χ2n) is 4.61. The maximum atomic E-state index is 12.5. The van der Waals surface area contributed by atoms with Gasteiger partial charge >= 0.3 is 0 Å². The maximum Gasteiger partial charge on any atom is 0.256 e. The number of hydrogen-bond acceptors (Lipinski definition) is 3. The Morgan fingerprint density at radius 3 is 2.78 bits per heavy atom. The monoisotopic (exact) mass is 248 g/mol. The van der Waals surface area contributed by atoms with Crippen LogP contribution in [0.2, 0.25) is 0 Å². The summed E-state index contributed by atoms with van der Waals surface area (Å²) in [5.41, 5.74) is 0.913. The fourth-order valence-electron chi connectivity index (χ4n) is 2.33. The first-order chi connectivity index (χ1) is 8.74. The van der Waals surface area contributed by atoms with Gasteiger partial charge in [-0.25, -0.2) is 0 Å². The van der Waals surface area contributed by atoms with E-state index in [0.29, 0.717) is 0 Å². The van der Waals surface area contributed by atoms with Crippen LogP contribution in [0.15, 0.2) is 30.3 Å². The van der Waals surface area contributed by atoms with Crippen LogP contribution < -0.4 is 5.32 Å². The number of amides is 1. The Hall–Kier alpha value is -1.39. The van der Waals surface area contributed by atoms with E-state index >= 15 is 0 Å². The highest BCUT2D eigenvalue weighted by atomic mass is 16.5. The van der Waals surface area contributed by atoms with E-state index in [1.807, 2.05) is 35.2 Å². The number of piperazine rings is 1. The van der Waals surface area contributed by atoms with Gasteiger partial charge in [0.1, 0.15) is 0 Å². The molecule has 1 aliphatic rings.